The maximum atomic E-state index is 13.3. The van der Waals surface area contributed by atoms with Crippen molar-refractivity contribution in [3.63, 3.8) is 0 Å². The highest BCUT2D eigenvalue weighted by molar-refractivity contribution is 5.77. The van der Waals surface area contributed by atoms with Crippen molar-refractivity contribution in [3.05, 3.63) is 35.1 Å². The first-order valence-electron chi connectivity index (χ1n) is 7.26. The number of hydrogen-bond donors (Lipinski definition) is 2. The topological polar surface area (TPSA) is 58.6 Å². The van der Waals surface area contributed by atoms with Gasteiger partial charge in [0.1, 0.15) is 5.82 Å². The molecule has 21 heavy (non-hydrogen) atoms. The van der Waals surface area contributed by atoms with Crippen molar-refractivity contribution in [2.75, 3.05) is 7.11 Å². The van der Waals surface area contributed by atoms with E-state index in [0.29, 0.717) is 18.4 Å². The van der Waals surface area contributed by atoms with E-state index < -0.39 is 5.91 Å². The van der Waals surface area contributed by atoms with Gasteiger partial charge >= 0.3 is 0 Å². The molecule has 0 saturated carbocycles. The summed E-state index contributed by atoms with van der Waals surface area (Å²) in [5, 5.41) is 8.85. The van der Waals surface area contributed by atoms with E-state index in [1.165, 1.54) is 6.07 Å². The van der Waals surface area contributed by atoms with Crippen molar-refractivity contribution in [2.45, 2.75) is 45.6 Å². The minimum atomic E-state index is -0.399. The molecule has 1 aromatic carbocycles. The number of aryl methyl sites for hydroxylation is 1. The van der Waals surface area contributed by atoms with Crippen molar-refractivity contribution in [1.82, 2.24) is 5.48 Å². The number of methoxy groups -OCH3 is 1. The van der Waals surface area contributed by atoms with Gasteiger partial charge in [0.25, 0.3) is 0 Å². The van der Waals surface area contributed by atoms with Gasteiger partial charge in [0.2, 0.25) is 5.91 Å². The normalized spacial score (nSPS) is 13.8. The van der Waals surface area contributed by atoms with E-state index in [-0.39, 0.29) is 17.8 Å². The Kier molecular flexibility index (Phi) is 7.32. The number of rotatable bonds is 8. The van der Waals surface area contributed by atoms with Crippen LogP contribution in [0.3, 0.4) is 0 Å². The molecule has 2 atom stereocenters. The van der Waals surface area contributed by atoms with E-state index >= 15 is 0 Å². The van der Waals surface area contributed by atoms with Crippen molar-refractivity contribution in [2.24, 2.45) is 5.92 Å². The number of amides is 1. The summed E-state index contributed by atoms with van der Waals surface area (Å²) in [4.78, 5) is 11.7. The average molecular weight is 297 g/mol. The fraction of sp³-hybridized carbons (Fsp3) is 0.562. The van der Waals surface area contributed by atoms with E-state index in [2.05, 4.69) is 0 Å². The first-order chi connectivity index (χ1) is 10.0. The zero-order valence-corrected chi connectivity index (χ0v) is 12.9. The smallest absolute Gasteiger partial charge is 0.246 e. The zero-order chi connectivity index (χ0) is 15.8. The molecule has 0 aromatic heterocycles. The molecule has 0 unspecified atom stereocenters. The third-order valence-corrected chi connectivity index (χ3v) is 3.72. The van der Waals surface area contributed by atoms with Gasteiger partial charge in [0.15, 0.2) is 0 Å². The zero-order valence-electron chi connectivity index (χ0n) is 12.9. The number of ether oxygens (including phenoxy) is 1. The minimum Gasteiger partial charge on any atom is -0.377 e. The predicted molar refractivity (Wildman–Crippen MR) is 78.4 cm³/mol. The maximum absolute atomic E-state index is 13.3. The Morgan fingerprint density at radius 1 is 1.48 bits per heavy atom. The minimum absolute atomic E-state index is 0.260. The van der Waals surface area contributed by atoms with Gasteiger partial charge in [-0.05, 0) is 37.0 Å². The van der Waals surface area contributed by atoms with Gasteiger partial charge < -0.3 is 4.74 Å². The SMILES string of the molecule is CCCC[C@H](C[C@@H](OC)c1ccc(F)c(C)c1)C(=O)NO. The highest BCUT2D eigenvalue weighted by Gasteiger charge is 2.23. The molecular formula is C16H24FNO3. The summed E-state index contributed by atoms with van der Waals surface area (Å²) in [6.07, 6.45) is 2.71. The third kappa shape index (κ3) is 5.10. The Morgan fingerprint density at radius 2 is 2.19 bits per heavy atom. The molecule has 0 aliphatic carbocycles. The van der Waals surface area contributed by atoms with Crippen molar-refractivity contribution >= 4 is 5.91 Å². The molecule has 0 spiro atoms. The molecule has 0 radical (unpaired) electrons. The number of hydroxylamine groups is 1. The van der Waals surface area contributed by atoms with Crippen molar-refractivity contribution < 1.29 is 19.1 Å². The lowest BCUT2D eigenvalue weighted by Gasteiger charge is -2.22. The van der Waals surface area contributed by atoms with Gasteiger partial charge in [0.05, 0.1) is 6.10 Å². The van der Waals surface area contributed by atoms with Gasteiger partial charge in [0, 0.05) is 13.0 Å². The Morgan fingerprint density at radius 3 is 2.71 bits per heavy atom. The van der Waals surface area contributed by atoms with Gasteiger partial charge in [-0.15, -0.1) is 0 Å². The second-order valence-electron chi connectivity index (χ2n) is 5.28. The highest BCUT2D eigenvalue weighted by Crippen LogP contribution is 2.28. The highest BCUT2D eigenvalue weighted by atomic mass is 19.1. The summed E-state index contributed by atoms with van der Waals surface area (Å²) in [7, 11) is 1.57. The molecule has 0 aliphatic rings. The van der Waals surface area contributed by atoms with Gasteiger partial charge in [-0.2, -0.15) is 0 Å². The van der Waals surface area contributed by atoms with Crippen LogP contribution in [0, 0.1) is 18.7 Å². The maximum Gasteiger partial charge on any atom is 0.246 e. The number of hydrogen-bond acceptors (Lipinski definition) is 3. The molecule has 5 heteroatoms. The standard InChI is InChI=1S/C16H24FNO3/c1-4-5-6-13(16(19)18-20)10-15(21-3)12-7-8-14(17)11(2)9-12/h7-9,13,15,20H,4-6,10H2,1-3H3,(H,18,19)/t13-,15-/m1/s1. The van der Waals surface area contributed by atoms with Crippen LogP contribution in [0.5, 0.6) is 0 Å². The number of carbonyl (C=O) groups excluding carboxylic acids is 1. The van der Waals surface area contributed by atoms with E-state index in [1.807, 2.05) is 6.92 Å². The van der Waals surface area contributed by atoms with Crippen LogP contribution >= 0.6 is 0 Å². The molecule has 0 saturated heterocycles. The molecule has 0 heterocycles. The van der Waals surface area contributed by atoms with Crippen molar-refractivity contribution in [3.8, 4) is 0 Å². The van der Waals surface area contributed by atoms with Crippen LogP contribution in [0.4, 0.5) is 4.39 Å². The molecule has 4 nitrogen and oxygen atoms in total. The average Bonchev–Trinajstić information content (AvgIpc) is 2.50. The van der Waals surface area contributed by atoms with Crippen LogP contribution in [0.2, 0.25) is 0 Å². The molecular weight excluding hydrogens is 273 g/mol. The van der Waals surface area contributed by atoms with E-state index in [1.54, 1.807) is 31.6 Å². The fourth-order valence-electron chi connectivity index (χ4n) is 2.39. The first-order valence-corrected chi connectivity index (χ1v) is 7.26. The van der Waals surface area contributed by atoms with Gasteiger partial charge in [-0.25, -0.2) is 9.87 Å². The quantitative estimate of drug-likeness (QED) is 0.570. The summed E-state index contributed by atoms with van der Waals surface area (Å²) in [6.45, 7) is 3.74. The number of carbonyl (C=O) groups is 1. The third-order valence-electron chi connectivity index (χ3n) is 3.72. The van der Waals surface area contributed by atoms with Gasteiger partial charge in [-0.1, -0.05) is 31.9 Å². The molecule has 118 valence electrons. The second-order valence-corrected chi connectivity index (χ2v) is 5.28. The summed E-state index contributed by atoms with van der Waals surface area (Å²) in [5.41, 5.74) is 3.11. The molecule has 0 fully saturated rings. The van der Waals surface area contributed by atoms with Crippen LogP contribution < -0.4 is 5.48 Å². The lowest BCUT2D eigenvalue weighted by atomic mass is 9.91. The van der Waals surface area contributed by atoms with E-state index in [4.69, 9.17) is 9.94 Å². The predicted octanol–water partition coefficient (Wildman–Crippen LogP) is 3.52. The number of nitrogens with one attached hydrogen (secondary N) is 1. The Bertz CT molecular complexity index is 465. The first kappa shape index (κ1) is 17.6. The summed E-state index contributed by atoms with van der Waals surface area (Å²) >= 11 is 0. The van der Waals surface area contributed by atoms with E-state index in [0.717, 1.165) is 18.4 Å². The van der Waals surface area contributed by atoms with Crippen LogP contribution in [-0.4, -0.2) is 18.2 Å². The molecule has 0 aliphatic heterocycles. The van der Waals surface area contributed by atoms with E-state index in [9.17, 15) is 9.18 Å². The molecule has 1 rings (SSSR count). The summed E-state index contributed by atoms with van der Waals surface area (Å²) in [5.74, 6) is -0.987. The number of unbranched alkanes of at least 4 members (excludes halogenated alkanes) is 1. The second kappa shape index (κ2) is 8.74. The monoisotopic (exact) mass is 297 g/mol. The lowest BCUT2D eigenvalue weighted by Crippen LogP contribution is -2.29. The van der Waals surface area contributed by atoms with Crippen LogP contribution in [0.1, 0.15) is 49.8 Å². The van der Waals surface area contributed by atoms with Crippen LogP contribution in [-0.2, 0) is 9.53 Å². The van der Waals surface area contributed by atoms with Crippen molar-refractivity contribution in [1.29, 1.82) is 0 Å². The van der Waals surface area contributed by atoms with Gasteiger partial charge in [-0.3, -0.25) is 10.0 Å². The lowest BCUT2D eigenvalue weighted by molar-refractivity contribution is -0.135. The van der Waals surface area contributed by atoms with Crippen LogP contribution in [0.25, 0.3) is 0 Å². The number of halogens is 1. The van der Waals surface area contributed by atoms with Crippen LogP contribution in [0.15, 0.2) is 18.2 Å². The summed E-state index contributed by atoms with van der Waals surface area (Å²) < 4.78 is 18.8. The Hall–Kier alpha value is -1.46. The molecule has 2 N–H and O–H groups in total. The number of benzene rings is 1. The summed E-state index contributed by atoms with van der Waals surface area (Å²) in [6, 6.07) is 4.81. The molecule has 1 amide bonds. The largest absolute Gasteiger partial charge is 0.377 e. The Balaban J connectivity index is 2.86. The molecule has 0 bridgehead atoms. The molecule has 1 aromatic rings. The Labute approximate surface area is 125 Å². The fourth-order valence-corrected chi connectivity index (χ4v) is 2.39.